The van der Waals surface area contributed by atoms with Gasteiger partial charge in [-0.3, -0.25) is 0 Å². The standard InChI is InChI=1S/C10H22NO4P/c1-3-8-14-10(16(12)13,6-5-7-11)15-9-4-2/h3-9,11H2,1-2H3/p+1. The Morgan fingerprint density at radius 2 is 1.75 bits per heavy atom. The van der Waals surface area contributed by atoms with Gasteiger partial charge in [0.05, 0.1) is 19.6 Å². The maximum absolute atomic E-state index is 11.4. The second-order valence-corrected chi connectivity index (χ2v) is 4.80. The minimum Gasteiger partial charge on any atom is -0.330 e. The van der Waals surface area contributed by atoms with E-state index in [1.54, 1.807) is 0 Å². The molecule has 0 aromatic heterocycles. The van der Waals surface area contributed by atoms with Crippen LogP contribution in [0.5, 0.6) is 0 Å². The molecule has 0 aliphatic heterocycles. The summed E-state index contributed by atoms with van der Waals surface area (Å²) < 4.78 is 22.3. The summed E-state index contributed by atoms with van der Waals surface area (Å²) >= 11 is 0. The van der Waals surface area contributed by atoms with Gasteiger partial charge in [0.15, 0.2) is 0 Å². The van der Waals surface area contributed by atoms with Gasteiger partial charge in [0, 0.05) is 0 Å². The molecule has 0 aromatic rings. The fraction of sp³-hybridized carbons (Fsp3) is 1.00. The quantitative estimate of drug-likeness (QED) is 0.459. The van der Waals surface area contributed by atoms with E-state index in [-0.39, 0.29) is 0 Å². The maximum Gasteiger partial charge on any atom is 0.573 e. The first-order valence-corrected chi connectivity index (χ1v) is 6.98. The minimum absolute atomic E-state index is 0.356. The zero-order chi connectivity index (χ0) is 12.4. The van der Waals surface area contributed by atoms with Crippen molar-refractivity contribution in [3.8, 4) is 0 Å². The molecule has 0 saturated heterocycles. The lowest BCUT2D eigenvalue weighted by Crippen LogP contribution is -2.33. The first-order chi connectivity index (χ1) is 7.63. The molecule has 0 amide bonds. The minimum atomic E-state index is -2.53. The van der Waals surface area contributed by atoms with E-state index in [0.29, 0.717) is 32.6 Å². The van der Waals surface area contributed by atoms with Crippen molar-refractivity contribution in [2.75, 3.05) is 19.8 Å². The molecule has 1 atom stereocenters. The molecule has 0 aromatic carbocycles. The van der Waals surface area contributed by atoms with Gasteiger partial charge in [0.1, 0.15) is 0 Å². The van der Waals surface area contributed by atoms with Crippen molar-refractivity contribution < 1.29 is 18.9 Å². The Labute approximate surface area is 98.2 Å². The number of ether oxygens (including phenoxy) is 2. The van der Waals surface area contributed by atoms with Crippen LogP contribution in [-0.2, 0) is 14.0 Å². The molecule has 0 spiro atoms. The van der Waals surface area contributed by atoms with Gasteiger partial charge in [-0.1, -0.05) is 13.8 Å². The summed E-state index contributed by atoms with van der Waals surface area (Å²) in [6, 6.07) is 0. The lowest BCUT2D eigenvalue weighted by atomic mass is 10.3. The highest BCUT2D eigenvalue weighted by molar-refractivity contribution is 7.39. The SMILES string of the molecule is CCCOC(CCCN)(OCCC)[P+](=O)O. The van der Waals surface area contributed by atoms with Crippen molar-refractivity contribution >= 4 is 8.03 Å². The van der Waals surface area contributed by atoms with E-state index in [2.05, 4.69) is 0 Å². The van der Waals surface area contributed by atoms with E-state index < -0.39 is 13.6 Å². The number of nitrogens with two attached hydrogens (primary N) is 1. The predicted molar refractivity (Wildman–Crippen MR) is 63.3 cm³/mol. The molecule has 0 saturated carbocycles. The third-order valence-electron chi connectivity index (χ3n) is 2.05. The Bertz CT molecular complexity index is 179. The van der Waals surface area contributed by atoms with E-state index >= 15 is 0 Å². The lowest BCUT2D eigenvalue weighted by molar-refractivity contribution is -0.185. The summed E-state index contributed by atoms with van der Waals surface area (Å²) in [4.78, 5) is 9.36. The van der Waals surface area contributed by atoms with Crippen LogP contribution >= 0.6 is 8.03 Å². The average Bonchev–Trinajstić information content (AvgIpc) is 2.28. The zero-order valence-corrected chi connectivity index (χ0v) is 11.0. The molecular formula is C10H23NO4P+. The second kappa shape index (κ2) is 9.02. The number of hydrogen-bond donors (Lipinski definition) is 2. The van der Waals surface area contributed by atoms with Gasteiger partial charge in [-0.2, -0.15) is 4.89 Å². The summed E-state index contributed by atoms with van der Waals surface area (Å²) in [5, 5.41) is 0. The molecule has 96 valence electrons. The highest BCUT2D eigenvalue weighted by atomic mass is 31.1. The Balaban J connectivity index is 4.52. The van der Waals surface area contributed by atoms with Crippen LogP contribution in [0.3, 0.4) is 0 Å². The molecule has 1 unspecified atom stereocenters. The van der Waals surface area contributed by atoms with E-state index in [9.17, 15) is 9.46 Å². The molecular weight excluding hydrogens is 229 g/mol. The molecule has 5 nitrogen and oxygen atoms in total. The van der Waals surface area contributed by atoms with Gasteiger partial charge in [-0.05, 0) is 30.4 Å². The lowest BCUT2D eigenvalue weighted by Gasteiger charge is -2.21. The molecule has 0 rings (SSSR count). The Morgan fingerprint density at radius 1 is 1.25 bits per heavy atom. The molecule has 0 aliphatic rings. The third-order valence-corrected chi connectivity index (χ3v) is 3.12. The van der Waals surface area contributed by atoms with Gasteiger partial charge in [0.25, 0.3) is 0 Å². The van der Waals surface area contributed by atoms with E-state index in [1.165, 1.54) is 0 Å². The Kier molecular flexibility index (Phi) is 8.99. The van der Waals surface area contributed by atoms with Gasteiger partial charge in [0.2, 0.25) is 0 Å². The molecule has 0 fully saturated rings. The highest BCUT2D eigenvalue weighted by Crippen LogP contribution is 2.41. The largest absolute Gasteiger partial charge is 0.573 e. The molecule has 0 heterocycles. The van der Waals surface area contributed by atoms with E-state index in [0.717, 1.165) is 12.8 Å². The number of rotatable bonds is 10. The Hall–Kier alpha value is -0.0600. The number of hydrogen-bond acceptors (Lipinski definition) is 4. The third kappa shape index (κ3) is 5.32. The van der Waals surface area contributed by atoms with Crippen LogP contribution in [0.4, 0.5) is 0 Å². The smallest absolute Gasteiger partial charge is 0.330 e. The van der Waals surface area contributed by atoms with Crippen molar-refractivity contribution in [1.82, 2.24) is 0 Å². The highest BCUT2D eigenvalue weighted by Gasteiger charge is 2.52. The first-order valence-electron chi connectivity index (χ1n) is 5.77. The van der Waals surface area contributed by atoms with Crippen LogP contribution in [0.2, 0.25) is 0 Å². The topological polar surface area (TPSA) is 81.8 Å². The van der Waals surface area contributed by atoms with Crippen LogP contribution < -0.4 is 5.73 Å². The summed E-state index contributed by atoms with van der Waals surface area (Å²) in [7, 11) is -2.53. The van der Waals surface area contributed by atoms with Crippen molar-refractivity contribution in [3.63, 3.8) is 0 Å². The maximum atomic E-state index is 11.4. The normalized spacial score (nSPS) is 12.9. The molecule has 3 N–H and O–H groups in total. The zero-order valence-electron chi connectivity index (χ0n) is 10.1. The molecule has 0 radical (unpaired) electrons. The second-order valence-electron chi connectivity index (χ2n) is 3.57. The van der Waals surface area contributed by atoms with Gasteiger partial charge >= 0.3 is 13.6 Å². The fourth-order valence-corrected chi connectivity index (χ4v) is 1.99. The van der Waals surface area contributed by atoms with Gasteiger partial charge < -0.3 is 15.2 Å². The summed E-state index contributed by atoms with van der Waals surface area (Å²) in [5.41, 5.74) is 4.05. The van der Waals surface area contributed by atoms with Crippen molar-refractivity contribution in [2.24, 2.45) is 5.73 Å². The van der Waals surface area contributed by atoms with Crippen molar-refractivity contribution in [1.29, 1.82) is 0 Å². The van der Waals surface area contributed by atoms with E-state index in [4.69, 9.17) is 15.2 Å². The molecule has 0 aliphatic carbocycles. The van der Waals surface area contributed by atoms with Crippen LogP contribution in [0.25, 0.3) is 0 Å². The van der Waals surface area contributed by atoms with Crippen LogP contribution in [0, 0.1) is 0 Å². The first kappa shape index (κ1) is 15.9. The monoisotopic (exact) mass is 252 g/mol. The van der Waals surface area contributed by atoms with Crippen LogP contribution in [-0.4, -0.2) is 30.2 Å². The molecule has 6 heteroatoms. The molecule has 0 bridgehead atoms. The summed E-state index contributed by atoms with van der Waals surface area (Å²) in [5.74, 6) is 0. The molecule has 16 heavy (non-hydrogen) atoms. The predicted octanol–water partition coefficient (Wildman–Crippen LogP) is 1.97. The van der Waals surface area contributed by atoms with Crippen LogP contribution in [0.15, 0.2) is 0 Å². The Morgan fingerprint density at radius 3 is 2.06 bits per heavy atom. The van der Waals surface area contributed by atoms with Crippen molar-refractivity contribution in [3.05, 3.63) is 0 Å². The van der Waals surface area contributed by atoms with E-state index in [1.807, 2.05) is 13.8 Å². The average molecular weight is 252 g/mol. The fourth-order valence-electron chi connectivity index (χ4n) is 1.24. The van der Waals surface area contributed by atoms with Gasteiger partial charge in [-0.15, -0.1) is 0 Å². The van der Waals surface area contributed by atoms with Crippen LogP contribution in [0.1, 0.15) is 39.5 Å². The summed E-state index contributed by atoms with van der Waals surface area (Å²) in [6.45, 7) is 5.16. The van der Waals surface area contributed by atoms with Crippen molar-refractivity contribution in [2.45, 2.75) is 45.1 Å². The van der Waals surface area contributed by atoms with Gasteiger partial charge in [-0.25, -0.2) is 0 Å². The summed E-state index contributed by atoms with van der Waals surface area (Å²) in [6.07, 6.45) is 2.52.